The Morgan fingerprint density at radius 2 is 1.45 bits per heavy atom. The predicted molar refractivity (Wildman–Crippen MR) is 134 cm³/mol. The third-order valence-corrected chi connectivity index (χ3v) is 4.62. The number of carbonyl (C=O) groups is 2. The summed E-state index contributed by atoms with van der Waals surface area (Å²) >= 11 is 20.8. The van der Waals surface area contributed by atoms with Crippen LogP contribution < -0.4 is 11.5 Å². The molecule has 0 fully saturated rings. The molecule has 0 amide bonds. The summed E-state index contributed by atoms with van der Waals surface area (Å²) in [7, 11) is 0. The summed E-state index contributed by atoms with van der Waals surface area (Å²) in [5.74, 6) is -4.03. The van der Waals surface area contributed by atoms with E-state index in [0.717, 1.165) is 0 Å². The molecule has 0 bridgehead atoms. The van der Waals surface area contributed by atoms with Gasteiger partial charge in [0, 0.05) is 37.2 Å². The van der Waals surface area contributed by atoms with E-state index in [2.05, 4.69) is 83.8 Å². The first-order valence-corrected chi connectivity index (χ1v) is 15.6. The number of carboxylic acid groups (broad SMARTS) is 1. The van der Waals surface area contributed by atoms with Gasteiger partial charge in [0.15, 0.2) is 29.6 Å². The SMILES string of the molecule is II.N#CCOC(=O)c1nc(Br)c(F)c(N)c1Cl.Nc1c(F)c(Br)nc(C(=O)O)c1Cl. The number of carboxylic acids is 1. The van der Waals surface area contributed by atoms with Crippen LogP contribution in [0.5, 0.6) is 0 Å². The predicted octanol–water partition coefficient (Wildman–Crippen LogP) is 5.59. The normalized spacial score (nSPS) is 9.39. The van der Waals surface area contributed by atoms with Gasteiger partial charge in [-0.15, -0.1) is 0 Å². The number of anilines is 2. The highest BCUT2D eigenvalue weighted by Gasteiger charge is 2.21. The number of nitrogens with zero attached hydrogens (tertiary/aromatic N) is 3. The van der Waals surface area contributed by atoms with E-state index < -0.39 is 52.3 Å². The maximum absolute atomic E-state index is 13.2. The molecule has 168 valence electrons. The van der Waals surface area contributed by atoms with Gasteiger partial charge in [0.25, 0.3) is 0 Å². The van der Waals surface area contributed by atoms with Crippen molar-refractivity contribution in [3.05, 3.63) is 42.3 Å². The summed E-state index contributed by atoms with van der Waals surface area (Å²) in [6.07, 6.45) is 0. The van der Waals surface area contributed by atoms with E-state index in [-0.39, 0.29) is 19.9 Å². The molecule has 0 radical (unpaired) electrons. The number of aromatic nitrogens is 2. The number of carbonyl (C=O) groups excluding carboxylic acids is 1. The molecule has 0 aromatic carbocycles. The van der Waals surface area contributed by atoms with E-state index >= 15 is 0 Å². The van der Waals surface area contributed by atoms with Crippen LogP contribution >= 0.6 is 92.3 Å². The number of hydrogen-bond donors (Lipinski definition) is 3. The summed E-state index contributed by atoms with van der Waals surface area (Å²) in [6, 6.07) is 1.60. The summed E-state index contributed by atoms with van der Waals surface area (Å²) < 4.78 is 30.0. The molecule has 2 rings (SSSR count). The van der Waals surface area contributed by atoms with Crippen molar-refractivity contribution in [2.75, 3.05) is 18.1 Å². The van der Waals surface area contributed by atoms with Crippen molar-refractivity contribution < 1.29 is 28.2 Å². The molecule has 2 aromatic rings. The van der Waals surface area contributed by atoms with Crippen molar-refractivity contribution in [1.29, 1.82) is 5.26 Å². The molecular formula is C14H7Br2Cl2F2I2N5O4. The molecule has 2 heterocycles. The number of hydrogen-bond acceptors (Lipinski definition) is 8. The Kier molecular flexibility index (Phi) is 14.0. The average molecular weight is 832 g/mol. The van der Waals surface area contributed by atoms with E-state index in [1.165, 1.54) is 0 Å². The van der Waals surface area contributed by atoms with Crippen LogP contribution in [-0.2, 0) is 4.74 Å². The number of nitrogen functional groups attached to an aromatic ring is 2. The third kappa shape index (κ3) is 8.24. The molecule has 2 aromatic heterocycles. The van der Waals surface area contributed by atoms with Gasteiger partial charge in [-0.1, -0.05) is 23.2 Å². The van der Waals surface area contributed by atoms with Crippen molar-refractivity contribution in [1.82, 2.24) is 9.97 Å². The molecule has 0 unspecified atom stereocenters. The Morgan fingerprint density at radius 1 is 1.06 bits per heavy atom. The van der Waals surface area contributed by atoms with Gasteiger partial charge in [0.2, 0.25) is 0 Å². The van der Waals surface area contributed by atoms with Crippen LogP contribution in [0.4, 0.5) is 20.2 Å². The first-order chi connectivity index (χ1) is 14.4. The zero-order chi connectivity index (χ0) is 24.5. The van der Waals surface area contributed by atoms with Crippen LogP contribution in [0.25, 0.3) is 0 Å². The third-order valence-electron chi connectivity index (χ3n) is 2.81. The highest BCUT2D eigenvalue weighted by molar-refractivity contribution is 15.0. The van der Waals surface area contributed by atoms with Gasteiger partial charge in [-0.05, 0) is 31.9 Å². The van der Waals surface area contributed by atoms with Crippen molar-refractivity contribution >= 4 is 116 Å². The largest absolute Gasteiger partial charge is 0.476 e. The molecule has 0 atom stereocenters. The first kappa shape index (κ1) is 30.2. The molecule has 0 aliphatic rings. The lowest BCUT2D eigenvalue weighted by Crippen LogP contribution is -2.11. The first-order valence-electron chi connectivity index (χ1n) is 6.95. The number of nitrogens with two attached hydrogens (primary N) is 2. The molecule has 17 heteroatoms. The smallest absolute Gasteiger partial charge is 0.359 e. The maximum atomic E-state index is 13.2. The molecule has 0 aliphatic carbocycles. The van der Waals surface area contributed by atoms with Gasteiger partial charge < -0.3 is 21.3 Å². The van der Waals surface area contributed by atoms with Gasteiger partial charge in [-0.2, -0.15) is 5.26 Å². The highest BCUT2D eigenvalue weighted by Crippen LogP contribution is 2.30. The number of aromatic carboxylic acids is 1. The Labute approximate surface area is 223 Å². The summed E-state index contributed by atoms with van der Waals surface area (Å²) in [5, 5.41) is 16.0. The van der Waals surface area contributed by atoms with E-state index in [9.17, 15) is 18.4 Å². The average Bonchev–Trinajstić information content (AvgIpc) is 2.75. The standard InChI is InChI=1S/C8H4BrClFN3O2.C6H3BrClFN2O2.I2/c9-7-4(11)5(13)3(10)6(14-7)8(15)16-2-1-12;7-5-2(9)3(10)1(8)4(11-5)6(12)13;1-2/h2H2,(H2,13,14);(H2,10,11)(H,12,13);. The zero-order valence-electron chi connectivity index (χ0n) is 14.4. The molecular weight excluding hydrogens is 825 g/mol. The van der Waals surface area contributed by atoms with Crippen LogP contribution in [0, 0.1) is 23.0 Å². The van der Waals surface area contributed by atoms with Crippen LogP contribution in [0.1, 0.15) is 21.0 Å². The molecule has 0 saturated heterocycles. The second-order valence-electron chi connectivity index (χ2n) is 4.63. The van der Waals surface area contributed by atoms with E-state index in [4.69, 9.17) is 45.0 Å². The second-order valence-corrected chi connectivity index (χ2v) is 6.88. The van der Waals surface area contributed by atoms with Crippen molar-refractivity contribution in [3.8, 4) is 6.07 Å². The van der Waals surface area contributed by atoms with E-state index in [1.54, 1.807) is 6.07 Å². The Balaban J connectivity index is 0.000000547. The van der Waals surface area contributed by atoms with Gasteiger partial charge >= 0.3 is 11.9 Å². The number of rotatable bonds is 3. The molecule has 31 heavy (non-hydrogen) atoms. The quantitative estimate of drug-likeness (QED) is 0.203. The lowest BCUT2D eigenvalue weighted by atomic mass is 10.3. The number of pyridine rings is 2. The van der Waals surface area contributed by atoms with E-state index in [0.29, 0.717) is 0 Å². The van der Waals surface area contributed by atoms with Gasteiger partial charge in [0.1, 0.15) is 15.3 Å². The highest BCUT2D eigenvalue weighted by atomic mass is 128. The fraction of sp³-hybridized carbons (Fsp3) is 0.0714. The van der Waals surface area contributed by atoms with Gasteiger partial charge in [-0.3, -0.25) is 0 Å². The number of ether oxygens (including phenoxy) is 1. The Hall–Kier alpha value is -0.810. The molecule has 0 saturated carbocycles. The zero-order valence-corrected chi connectivity index (χ0v) is 23.4. The van der Waals surface area contributed by atoms with Gasteiger partial charge in [0.05, 0.1) is 21.4 Å². The number of esters is 1. The lowest BCUT2D eigenvalue weighted by molar-refractivity contribution is 0.0547. The maximum Gasteiger partial charge on any atom is 0.359 e. The van der Waals surface area contributed by atoms with Crippen molar-refractivity contribution in [2.45, 2.75) is 0 Å². The fourth-order valence-corrected chi connectivity index (χ4v) is 2.70. The Morgan fingerprint density at radius 3 is 1.84 bits per heavy atom. The summed E-state index contributed by atoms with van der Waals surface area (Å²) in [6.45, 7) is -0.453. The minimum absolute atomic E-state index is 0.252. The molecule has 0 aliphatic heterocycles. The van der Waals surface area contributed by atoms with E-state index in [1.807, 2.05) is 0 Å². The van der Waals surface area contributed by atoms with Gasteiger partial charge in [-0.25, -0.2) is 28.3 Å². The second kappa shape index (κ2) is 14.4. The van der Waals surface area contributed by atoms with Crippen LogP contribution in [0.2, 0.25) is 10.0 Å². The summed E-state index contributed by atoms with van der Waals surface area (Å²) in [5.41, 5.74) is 8.82. The topological polar surface area (TPSA) is 165 Å². The molecule has 9 nitrogen and oxygen atoms in total. The number of nitriles is 1. The summed E-state index contributed by atoms with van der Waals surface area (Å²) in [4.78, 5) is 28.7. The van der Waals surface area contributed by atoms with Crippen LogP contribution in [-0.4, -0.2) is 33.6 Å². The minimum atomic E-state index is -1.36. The Bertz CT molecular complexity index is 1050. The van der Waals surface area contributed by atoms with Crippen LogP contribution in [0.3, 0.4) is 0 Å². The lowest BCUT2D eigenvalue weighted by Gasteiger charge is -2.06. The number of halogens is 8. The minimum Gasteiger partial charge on any atom is -0.476 e. The fourth-order valence-electron chi connectivity index (χ4n) is 1.51. The molecule has 0 spiro atoms. The van der Waals surface area contributed by atoms with Crippen molar-refractivity contribution in [2.24, 2.45) is 0 Å². The molecule has 5 N–H and O–H groups in total. The monoisotopic (exact) mass is 829 g/mol. The van der Waals surface area contributed by atoms with Crippen molar-refractivity contribution in [3.63, 3.8) is 0 Å². The van der Waals surface area contributed by atoms with Crippen LogP contribution in [0.15, 0.2) is 9.21 Å².